The Balaban J connectivity index is 1.06. The van der Waals surface area contributed by atoms with Crippen LogP contribution in [0.4, 0.5) is 0 Å². The van der Waals surface area contributed by atoms with E-state index in [0.717, 1.165) is 45.1 Å². The number of ether oxygens (including phenoxy) is 1. The summed E-state index contributed by atoms with van der Waals surface area (Å²) < 4.78 is 6.28. The zero-order valence-electron chi connectivity index (χ0n) is 22.4. The summed E-state index contributed by atoms with van der Waals surface area (Å²) in [6.07, 6.45) is 9.10. The number of likely N-dealkylation sites (tertiary alicyclic amines) is 1. The number of nitrogens with zero attached hydrogens (tertiary/aromatic N) is 1. The summed E-state index contributed by atoms with van der Waals surface area (Å²) in [5, 5.41) is 3.55. The predicted octanol–water partition coefficient (Wildman–Crippen LogP) is 7.40. The van der Waals surface area contributed by atoms with Crippen molar-refractivity contribution in [1.82, 2.24) is 10.2 Å². The molecule has 1 aliphatic heterocycles. The van der Waals surface area contributed by atoms with Gasteiger partial charge in [0.05, 0.1) is 11.1 Å². The number of carbonyl (C=O) groups is 1. The number of hydrogen-bond donors (Lipinski definition) is 1. The maximum atomic E-state index is 12.6. The van der Waals surface area contributed by atoms with Crippen molar-refractivity contribution in [2.45, 2.75) is 63.5 Å². The number of benzene rings is 3. The minimum atomic E-state index is -0.0728. The average molecular weight is 531 g/mol. The van der Waals surface area contributed by atoms with E-state index < -0.39 is 0 Å². The first kappa shape index (κ1) is 26.8. The molecule has 1 atom stereocenters. The minimum Gasteiger partial charge on any atom is -0.489 e. The molecule has 2 fully saturated rings. The van der Waals surface area contributed by atoms with Crippen LogP contribution in [0.3, 0.4) is 0 Å². The highest BCUT2D eigenvalue weighted by atomic mass is 35.5. The summed E-state index contributed by atoms with van der Waals surface area (Å²) in [6, 6.07) is 25.5. The van der Waals surface area contributed by atoms with Crippen molar-refractivity contribution in [2.24, 2.45) is 5.92 Å². The Morgan fingerprint density at radius 1 is 0.947 bits per heavy atom. The number of carbonyl (C=O) groups excluding carboxylic acids is 1. The molecule has 0 aromatic heterocycles. The molecule has 1 saturated carbocycles. The predicted molar refractivity (Wildman–Crippen MR) is 156 cm³/mol. The summed E-state index contributed by atoms with van der Waals surface area (Å²) in [4.78, 5) is 15.0. The van der Waals surface area contributed by atoms with Crippen LogP contribution in [0.15, 0.2) is 72.8 Å². The highest BCUT2D eigenvalue weighted by Gasteiger charge is 2.24. The first-order chi connectivity index (χ1) is 18.5. The van der Waals surface area contributed by atoms with E-state index in [4.69, 9.17) is 16.3 Å². The largest absolute Gasteiger partial charge is 0.489 e. The minimum absolute atomic E-state index is 0.0728. The number of hydrogen-bond acceptors (Lipinski definition) is 3. The van der Waals surface area contributed by atoms with E-state index in [9.17, 15) is 4.79 Å². The van der Waals surface area contributed by atoms with Gasteiger partial charge in [0.2, 0.25) is 0 Å². The fourth-order valence-corrected chi connectivity index (χ4v) is 6.19. The van der Waals surface area contributed by atoms with Crippen LogP contribution in [-0.4, -0.2) is 43.1 Å². The van der Waals surface area contributed by atoms with E-state index >= 15 is 0 Å². The van der Waals surface area contributed by atoms with Crippen molar-refractivity contribution >= 4 is 17.5 Å². The van der Waals surface area contributed by atoms with Gasteiger partial charge in [0.15, 0.2) is 0 Å². The molecule has 1 amide bonds. The summed E-state index contributed by atoms with van der Waals surface area (Å²) in [6.45, 7) is 1.84. The zero-order chi connectivity index (χ0) is 26.3. The first-order valence-corrected chi connectivity index (χ1v) is 14.5. The Morgan fingerprint density at radius 2 is 1.68 bits per heavy atom. The number of amides is 1. The van der Waals surface area contributed by atoms with Gasteiger partial charge in [-0.05, 0) is 106 Å². The van der Waals surface area contributed by atoms with Gasteiger partial charge < -0.3 is 15.0 Å². The molecule has 3 aromatic carbocycles. The molecular weight excluding hydrogens is 492 g/mol. The number of halogens is 1. The van der Waals surface area contributed by atoms with E-state index in [1.54, 1.807) is 6.07 Å². The van der Waals surface area contributed by atoms with Crippen LogP contribution in [0.25, 0.3) is 11.1 Å². The van der Waals surface area contributed by atoms with Gasteiger partial charge in [-0.15, -0.1) is 0 Å². The maximum Gasteiger partial charge on any atom is 0.251 e. The van der Waals surface area contributed by atoms with Gasteiger partial charge in [-0.2, -0.15) is 0 Å². The lowest BCUT2D eigenvalue weighted by Crippen LogP contribution is -2.31. The quantitative estimate of drug-likeness (QED) is 0.313. The van der Waals surface area contributed by atoms with Crippen LogP contribution in [0.5, 0.6) is 5.75 Å². The Hall–Kier alpha value is -2.82. The van der Waals surface area contributed by atoms with Crippen LogP contribution in [-0.2, 0) is 6.42 Å². The Kier molecular flexibility index (Phi) is 9.03. The molecule has 0 spiro atoms. The Morgan fingerprint density at radius 3 is 2.37 bits per heavy atom. The van der Waals surface area contributed by atoms with Gasteiger partial charge >= 0.3 is 0 Å². The van der Waals surface area contributed by atoms with E-state index in [1.165, 1.54) is 29.5 Å². The second kappa shape index (κ2) is 12.8. The molecule has 1 saturated heterocycles. The summed E-state index contributed by atoms with van der Waals surface area (Å²) in [5.41, 5.74) is 4.52. The lowest BCUT2D eigenvalue weighted by Gasteiger charge is -2.29. The molecule has 5 rings (SSSR count). The van der Waals surface area contributed by atoms with Gasteiger partial charge in [0.1, 0.15) is 5.75 Å². The van der Waals surface area contributed by atoms with Crippen LogP contribution in [0, 0.1) is 5.92 Å². The molecule has 1 unspecified atom stereocenters. The maximum absolute atomic E-state index is 12.6. The molecule has 1 heterocycles. The molecule has 38 heavy (non-hydrogen) atoms. The molecular formula is C33H39ClN2O2. The van der Waals surface area contributed by atoms with E-state index in [0.29, 0.717) is 34.8 Å². The van der Waals surface area contributed by atoms with Crippen molar-refractivity contribution in [1.29, 1.82) is 0 Å². The van der Waals surface area contributed by atoms with Crippen LogP contribution >= 0.6 is 11.6 Å². The Labute approximate surface area is 232 Å². The molecule has 0 radical (unpaired) electrons. The summed E-state index contributed by atoms with van der Waals surface area (Å²) in [7, 11) is 2.16. The SMILES string of the molecule is CN1CCCC1CCNC(=O)c1ccc(OC2CCC(Cc3ccc(-c4ccccc4)cc3)CC2)c(Cl)c1. The molecule has 2 aliphatic rings. The third-order valence-corrected chi connectivity index (χ3v) is 8.60. The molecule has 1 N–H and O–H groups in total. The molecule has 0 bridgehead atoms. The van der Waals surface area contributed by atoms with Crippen molar-refractivity contribution in [3.8, 4) is 16.9 Å². The third-order valence-electron chi connectivity index (χ3n) is 8.30. The van der Waals surface area contributed by atoms with Gasteiger partial charge in [0, 0.05) is 18.2 Å². The lowest BCUT2D eigenvalue weighted by molar-refractivity contribution is 0.0950. The summed E-state index contributed by atoms with van der Waals surface area (Å²) in [5.74, 6) is 1.29. The Bertz CT molecular complexity index is 1190. The van der Waals surface area contributed by atoms with Crippen molar-refractivity contribution < 1.29 is 9.53 Å². The first-order valence-electron chi connectivity index (χ1n) is 14.1. The fraction of sp³-hybridized carbons (Fsp3) is 0.424. The fourth-order valence-electron chi connectivity index (χ4n) is 5.97. The highest BCUT2D eigenvalue weighted by Crippen LogP contribution is 2.33. The molecule has 200 valence electrons. The highest BCUT2D eigenvalue weighted by molar-refractivity contribution is 6.32. The molecule has 1 aliphatic carbocycles. The lowest BCUT2D eigenvalue weighted by atomic mass is 9.83. The molecule has 5 heteroatoms. The smallest absolute Gasteiger partial charge is 0.251 e. The molecule has 4 nitrogen and oxygen atoms in total. The number of nitrogens with one attached hydrogen (secondary N) is 1. The molecule has 3 aromatic rings. The monoisotopic (exact) mass is 530 g/mol. The number of rotatable bonds is 9. The van der Waals surface area contributed by atoms with Crippen LogP contribution in [0.1, 0.15) is 60.9 Å². The van der Waals surface area contributed by atoms with E-state index in [2.05, 4.69) is 71.9 Å². The third kappa shape index (κ3) is 6.98. The van der Waals surface area contributed by atoms with Crippen molar-refractivity contribution in [3.63, 3.8) is 0 Å². The van der Waals surface area contributed by atoms with Gasteiger partial charge in [0.25, 0.3) is 5.91 Å². The van der Waals surface area contributed by atoms with Gasteiger partial charge in [-0.1, -0.05) is 66.2 Å². The summed E-state index contributed by atoms with van der Waals surface area (Å²) >= 11 is 6.53. The standard InChI is InChI=1S/C33H39ClN2O2/c1-36-21-5-8-29(36)19-20-35-33(37)28-15-18-32(31(34)23-28)38-30-16-11-25(12-17-30)22-24-9-13-27(14-10-24)26-6-3-2-4-7-26/h2-4,6-7,9-10,13-15,18,23,25,29-30H,5,8,11-12,16-17,19-22H2,1H3,(H,35,37). The van der Waals surface area contributed by atoms with Crippen LogP contribution in [0.2, 0.25) is 5.02 Å². The van der Waals surface area contributed by atoms with Crippen molar-refractivity contribution in [3.05, 3.63) is 88.9 Å². The van der Waals surface area contributed by atoms with E-state index in [1.807, 2.05) is 12.1 Å². The zero-order valence-corrected chi connectivity index (χ0v) is 23.1. The topological polar surface area (TPSA) is 41.6 Å². The average Bonchev–Trinajstić information content (AvgIpc) is 3.36. The van der Waals surface area contributed by atoms with Gasteiger partial charge in [-0.3, -0.25) is 4.79 Å². The normalized spacial score (nSPS) is 21.8. The van der Waals surface area contributed by atoms with E-state index in [-0.39, 0.29) is 12.0 Å². The second-order valence-corrected chi connectivity index (χ2v) is 11.4. The van der Waals surface area contributed by atoms with Crippen molar-refractivity contribution in [2.75, 3.05) is 20.1 Å². The second-order valence-electron chi connectivity index (χ2n) is 11.0. The van der Waals surface area contributed by atoms with Crippen LogP contribution < -0.4 is 10.1 Å². The van der Waals surface area contributed by atoms with Gasteiger partial charge in [-0.25, -0.2) is 0 Å².